The summed E-state index contributed by atoms with van der Waals surface area (Å²) in [5.41, 5.74) is 2.51. The summed E-state index contributed by atoms with van der Waals surface area (Å²) >= 11 is 0. The van der Waals surface area contributed by atoms with Gasteiger partial charge in [-0.1, -0.05) is 0 Å². The highest BCUT2D eigenvalue weighted by atomic mass is 16.5. The smallest absolute Gasteiger partial charge is 0.334 e. The number of nitrogens with zero attached hydrogens (tertiary/aromatic N) is 1. The van der Waals surface area contributed by atoms with Gasteiger partial charge in [0.2, 0.25) is 0 Å². The lowest BCUT2D eigenvalue weighted by atomic mass is 10.4. The van der Waals surface area contributed by atoms with Crippen LogP contribution in [0.4, 0.5) is 4.79 Å². The molecule has 0 bridgehead atoms. The Hall–Kier alpha value is -1.38. The third-order valence-electron chi connectivity index (χ3n) is 2.01. The van der Waals surface area contributed by atoms with Crippen molar-refractivity contribution in [2.45, 2.75) is 6.10 Å². The van der Waals surface area contributed by atoms with Crippen LogP contribution < -0.4 is 10.7 Å². The molecule has 4 N–H and O–H groups in total. The molecule has 0 unspecified atom stereocenters. The first kappa shape index (κ1) is 12.7. The quantitative estimate of drug-likeness (QED) is 0.446. The van der Waals surface area contributed by atoms with E-state index >= 15 is 0 Å². The summed E-state index contributed by atoms with van der Waals surface area (Å²) in [7, 11) is 0. The van der Waals surface area contributed by atoms with Crippen LogP contribution in [0.2, 0.25) is 0 Å². The average molecular weight is 233 g/mol. The maximum Gasteiger partial charge on any atom is 0.334 e. The molecule has 1 saturated heterocycles. The lowest BCUT2D eigenvalue weighted by molar-refractivity contribution is -0.146. The van der Waals surface area contributed by atoms with Gasteiger partial charge in [0.1, 0.15) is 0 Å². The Kier molecular flexibility index (Phi) is 4.96. The third kappa shape index (κ3) is 4.43. The molecule has 0 aromatic heterocycles. The molecule has 0 aromatic rings. The summed E-state index contributed by atoms with van der Waals surface area (Å²) in [6, 6.07) is -0.540. The minimum atomic E-state index is -1.59. The lowest BCUT2D eigenvalue weighted by Crippen LogP contribution is -2.53. The van der Waals surface area contributed by atoms with E-state index in [1.165, 1.54) is 0 Å². The van der Waals surface area contributed by atoms with E-state index < -0.39 is 18.1 Å². The molecule has 1 atom stereocenters. The zero-order valence-electron chi connectivity index (χ0n) is 8.68. The van der Waals surface area contributed by atoms with Crippen molar-refractivity contribution < 1.29 is 24.5 Å². The number of carboxylic acid groups (broad SMARTS) is 1. The number of carbonyl (C=O) groups is 2. The van der Waals surface area contributed by atoms with Crippen LogP contribution in [0.1, 0.15) is 0 Å². The number of hydrazine groups is 1. The Bertz CT molecular complexity index is 254. The Balaban J connectivity index is 2.17. The maximum absolute atomic E-state index is 11.2. The van der Waals surface area contributed by atoms with Gasteiger partial charge in [0.25, 0.3) is 0 Å². The van der Waals surface area contributed by atoms with E-state index in [1.807, 2.05) is 0 Å². The molecule has 1 heterocycles. The molecule has 1 fully saturated rings. The molecule has 8 heteroatoms. The Labute approximate surface area is 92.1 Å². The number of aliphatic hydroxyl groups excluding tert-OH is 1. The number of aliphatic carboxylic acids is 1. The number of nitrogens with one attached hydrogen (secondary N) is 2. The van der Waals surface area contributed by atoms with Crippen molar-refractivity contribution in [2.24, 2.45) is 0 Å². The zero-order valence-corrected chi connectivity index (χ0v) is 8.68. The van der Waals surface area contributed by atoms with E-state index in [0.717, 1.165) is 0 Å². The van der Waals surface area contributed by atoms with Crippen LogP contribution in [0.5, 0.6) is 0 Å². The van der Waals surface area contributed by atoms with E-state index in [9.17, 15) is 9.59 Å². The van der Waals surface area contributed by atoms with Gasteiger partial charge in [-0.25, -0.2) is 14.6 Å². The summed E-state index contributed by atoms with van der Waals surface area (Å²) < 4.78 is 5.08. The van der Waals surface area contributed by atoms with Crippen molar-refractivity contribution in [3.8, 4) is 0 Å². The summed E-state index contributed by atoms with van der Waals surface area (Å²) in [6.07, 6.45) is -1.59. The van der Waals surface area contributed by atoms with Crippen LogP contribution in [0.15, 0.2) is 0 Å². The second kappa shape index (κ2) is 6.26. The SMILES string of the molecule is O=C(NC[C@H](O)C(=O)O)NN1CCOCC1. The first-order valence-corrected chi connectivity index (χ1v) is 4.87. The fraction of sp³-hybridized carbons (Fsp3) is 0.750. The van der Waals surface area contributed by atoms with Gasteiger partial charge >= 0.3 is 12.0 Å². The number of ether oxygens (including phenoxy) is 1. The largest absolute Gasteiger partial charge is 0.479 e. The Morgan fingerprint density at radius 3 is 2.56 bits per heavy atom. The molecule has 0 saturated carbocycles. The topological polar surface area (TPSA) is 111 Å². The first-order valence-electron chi connectivity index (χ1n) is 4.87. The number of carboxylic acids is 1. The number of amides is 2. The molecule has 1 aliphatic heterocycles. The minimum absolute atomic E-state index is 0.328. The van der Waals surface area contributed by atoms with Gasteiger partial charge in [-0.3, -0.25) is 5.43 Å². The number of morpholine rings is 1. The fourth-order valence-electron chi connectivity index (χ4n) is 1.13. The van der Waals surface area contributed by atoms with E-state index in [0.29, 0.717) is 26.3 Å². The molecular weight excluding hydrogens is 218 g/mol. The van der Waals surface area contributed by atoms with Gasteiger partial charge in [0.15, 0.2) is 6.10 Å². The molecule has 0 spiro atoms. The summed E-state index contributed by atoms with van der Waals surface area (Å²) in [6.45, 7) is 1.91. The number of hydrogen-bond acceptors (Lipinski definition) is 5. The van der Waals surface area contributed by atoms with Crippen molar-refractivity contribution in [1.82, 2.24) is 15.8 Å². The van der Waals surface area contributed by atoms with Gasteiger partial charge in [-0.2, -0.15) is 0 Å². The number of urea groups is 1. The van der Waals surface area contributed by atoms with Gasteiger partial charge in [-0.15, -0.1) is 0 Å². The van der Waals surface area contributed by atoms with Crippen LogP contribution in [-0.4, -0.2) is 66.2 Å². The normalized spacial score (nSPS) is 18.8. The molecule has 0 aliphatic carbocycles. The van der Waals surface area contributed by atoms with Crippen molar-refractivity contribution in [3.63, 3.8) is 0 Å². The molecule has 1 aliphatic rings. The predicted octanol–water partition coefficient (Wildman–Crippen LogP) is -2.02. The third-order valence-corrected chi connectivity index (χ3v) is 2.01. The molecule has 0 aromatic carbocycles. The second-order valence-electron chi connectivity index (χ2n) is 3.28. The van der Waals surface area contributed by atoms with Crippen LogP contribution in [0.3, 0.4) is 0 Å². The lowest BCUT2D eigenvalue weighted by Gasteiger charge is -2.26. The fourth-order valence-corrected chi connectivity index (χ4v) is 1.13. The second-order valence-corrected chi connectivity index (χ2v) is 3.28. The van der Waals surface area contributed by atoms with Crippen LogP contribution in [0.25, 0.3) is 0 Å². The maximum atomic E-state index is 11.2. The summed E-state index contributed by atoms with van der Waals surface area (Å²) in [5.74, 6) is -1.37. The van der Waals surface area contributed by atoms with Gasteiger partial charge in [0, 0.05) is 13.1 Å². The number of hydrogen-bond donors (Lipinski definition) is 4. The van der Waals surface area contributed by atoms with Crippen LogP contribution in [-0.2, 0) is 9.53 Å². The summed E-state index contributed by atoms with van der Waals surface area (Å²) in [4.78, 5) is 21.5. The minimum Gasteiger partial charge on any atom is -0.479 e. The van der Waals surface area contributed by atoms with Gasteiger partial charge < -0.3 is 20.3 Å². The Morgan fingerprint density at radius 1 is 1.38 bits per heavy atom. The van der Waals surface area contributed by atoms with E-state index in [4.69, 9.17) is 14.9 Å². The van der Waals surface area contributed by atoms with Crippen molar-refractivity contribution in [1.29, 1.82) is 0 Å². The highest BCUT2D eigenvalue weighted by Crippen LogP contribution is 1.91. The summed E-state index contributed by atoms with van der Waals surface area (Å²) in [5, 5.41) is 21.2. The molecule has 8 nitrogen and oxygen atoms in total. The van der Waals surface area contributed by atoms with Crippen molar-refractivity contribution >= 4 is 12.0 Å². The first-order chi connectivity index (χ1) is 7.59. The van der Waals surface area contributed by atoms with Crippen LogP contribution in [0, 0.1) is 0 Å². The van der Waals surface area contributed by atoms with Gasteiger partial charge in [0.05, 0.1) is 19.8 Å². The zero-order chi connectivity index (χ0) is 12.0. The predicted molar refractivity (Wildman–Crippen MR) is 52.6 cm³/mol. The standard InChI is InChI=1S/C8H15N3O5/c12-6(7(13)14)5-9-8(15)10-11-1-3-16-4-2-11/h6,12H,1-5H2,(H,13,14)(H2,9,10,15)/t6-/m0/s1. The van der Waals surface area contributed by atoms with Crippen molar-refractivity contribution in [2.75, 3.05) is 32.8 Å². The number of rotatable bonds is 4. The number of carbonyl (C=O) groups excluding carboxylic acids is 1. The highest BCUT2D eigenvalue weighted by molar-refractivity contribution is 5.76. The van der Waals surface area contributed by atoms with Crippen LogP contribution >= 0.6 is 0 Å². The molecule has 1 rings (SSSR count). The molecule has 16 heavy (non-hydrogen) atoms. The number of aliphatic hydroxyl groups is 1. The van der Waals surface area contributed by atoms with E-state index in [2.05, 4.69) is 10.7 Å². The molecular formula is C8H15N3O5. The van der Waals surface area contributed by atoms with Crippen molar-refractivity contribution in [3.05, 3.63) is 0 Å². The molecule has 2 amide bonds. The monoisotopic (exact) mass is 233 g/mol. The van der Waals surface area contributed by atoms with E-state index in [1.54, 1.807) is 5.01 Å². The average Bonchev–Trinajstić information content (AvgIpc) is 2.27. The molecule has 92 valence electrons. The Morgan fingerprint density at radius 2 is 2.00 bits per heavy atom. The van der Waals surface area contributed by atoms with Gasteiger partial charge in [-0.05, 0) is 0 Å². The molecule has 0 radical (unpaired) electrons. The highest BCUT2D eigenvalue weighted by Gasteiger charge is 2.16. The van der Waals surface area contributed by atoms with E-state index in [-0.39, 0.29) is 6.54 Å².